The molecule has 1 aliphatic heterocycles. The van der Waals surface area contributed by atoms with Gasteiger partial charge in [0.2, 0.25) is 0 Å². The Hall–Kier alpha value is -0.530. The van der Waals surface area contributed by atoms with Crippen LogP contribution in [0, 0.1) is 0 Å². The lowest BCUT2D eigenvalue weighted by Gasteiger charge is -2.25. The monoisotopic (exact) mass is 142 g/mol. The first-order valence-electron chi connectivity index (χ1n) is 4.02. The first-order valence-corrected chi connectivity index (χ1v) is 4.02. The van der Waals surface area contributed by atoms with Crippen molar-refractivity contribution in [3.05, 3.63) is 0 Å². The topological polar surface area (TPSA) is 26.3 Å². The quantitative estimate of drug-likeness (QED) is 0.442. The Kier molecular flexibility index (Phi) is 2.72. The Labute approximate surface area is 61.6 Å². The van der Waals surface area contributed by atoms with Gasteiger partial charge in [0.15, 0.2) is 0 Å². The summed E-state index contributed by atoms with van der Waals surface area (Å²) < 4.78 is 4.85. The largest absolute Gasteiger partial charge is 0.462 e. The molecular weight excluding hydrogens is 128 g/mol. The van der Waals surface area contributed by atoms with Crippen LogP contribution in [0.2, 0.25) is 0 Å². The highest BCUT2D eigenvalue weighted by Gasteiger charge is 2.26. The molecular formula is C8H14O2. The fourth-order valence-electron chi connectivity index (χ4n) is 1.15. The molecule has 0 radical (unpaired) electrons. The van der Waals surface area contributed by atoms with Crippen LogP contribution in [0.3, 0.4) is 0 Å². The zero-order chi connectivity index (χ0) is 7.40. The SMILES string of the molecule is CCCCC[C@H]1CC(=O)O1. The molecule has 0 N–H and O–H groups in total. The van der Waals surface area contributed by atoms with Gasteiger partial charge in [0.25, 0.3) is 0 Å². The van der Waals surface area contributed by atoms with Crippen molar-refractivity contribution in [2.45, 2.75) is 45.1 Å². The second-order valence-electron chi connectivity index (χ2n) is 2.81. The number of ether oxygens (including phenoxy) is 1. The van der Waals surface area contributed by atoms with Gasteiger partial charge in [-0.05, 0) is 12.8 Å². The molecule has 1 rings (SSSR count). The van der Waals surface area contributed by atoms with Crippen molar-refractivity contribution < 1.29 is 9.53 Å². The first-order chi connectivity index (χ1) is 4.83. The molecule has 0 aliphatic carbocycles. The first kappa shape index (κ1) is 7.58. The van der Waals surface area contributed by atoms with E-state index in [-0.39, 0.29) is 12.1 Å². The minimum atomic E-state index is -0.0264. The molecule has 1 saturated heterocycles. The number of hydrogen-bond acceptors (Lipinski definition) is 2. The molecule has 0 aromatic heterocycles. The molecule has 0 aromatic rings. The molecule has 0 bridgehead atoms. The Balaban J connectivity index is 1.90. The molecule has 0 unspecified atom stereocenters. The summed E-state index contributed by atoms with van der Waals surface area (Å²) in [7, 11) is 0. The zero-order valence-corrected chi connectivity index (χ0v) is 6.43. The van der Waals surface area contributed by atoms with E-state index in [0.717, 1.165) is 6.42 Å². The number of hydrogen-bond donors (Lipinski definition) is 0. The molecule has 0 saturated carbocycles. The van der Waals surface area contributed by atoms with Crippen LogP contribution in [0.5, 0.6) is 0 Å². The summed E-state index contributed by atoms with van der Waals surface area (Å²) in [6, 6.07) is 0. The van der Waals surface area contributed by atoms with Crippen molar-refractivity contribution >= 4 is 5.97 Å². The van der Waals surface area contributed by atoms with Gasteiger partial charge in [-0.1, -0.05) is 19.8 Å². The number of carbonyl (C=O) groups is 1. The second kappa shape index (κ2) is 3.59. The van der Waals surface area contributed by atoms with Gasteiger partial charge >= 0.3 is 5.97 Å². The van der Waals surface area contributed by atoms with E-state index >= 15 is 0 Å². The molecule has 2 nitrogen and oxygen atoms in total. The smallest absolute Gasteiger partial charge is 0.309 e. The molecule has 0 spiro atoms. The highest BCUT2D eigenvalue weighted by molar-refractivity contribution is 5.75. The van der Waals surface area contributed by atoms with Gasteiger partial charge in [-0.2, -0.15) is 0 Å². The van der Waals surface area contributed by atoms with E-state index < -0.39 is 0 Å². The standard InChI is InChI=1S/C8H14O2/c1-2-3-4-5-7-6-8(9)10-7/h7H,2-6H2,1H3/t7-/m0/s1. The predicted octanol–water partition coefficient (Wildman–Crippen LogP) is 1.88. The van der Waals surface area contributed by atoms with Crippen LogP contribution in [0.1, 0.15) is 39.0 Å². The van der Waals surface area contributed by atoms with Crippen molar-refractivity contribution in [3.63, 3.8) is 0 Å². The van der Waals surface area contributed by atoms with E-state index in [0.29, 0.717) is 6.42 Å². The summed E-state index contributed by atoms with van der Waals surface area (Å²) in [5, 5.41) is 0. The number of carbonyl (C=O) groups excluding carboxylic acids is 1. The van der Waals surface area contributed by atoms with Gasteiger partial charge in [0.1, 0.15) is 6.10 Å². The van der Waals surface area contributed by atoms with Crippen LogP contribution < -0.4 is 0 Å². The van der Waals surface area contributed by atoms with E-state index in [1.165, 1.54) is 19.3 Å². The molecule has 1 heterocycles. The van der Waals surface area contributed by atoms with Crippen LogP contribution >= 0.6 is 0 Å². The van der Waals surface area contributed by atoms with E-state index in [1.807, 2.05) is 0 Å². The minimum absolute atomic E-state index is 0.0264. The van der Waals surface area contributed by atoms with E-state index in [9.17, 15) is 4.79 Å². The van der Waals surface area contributed by atoms with Crippen LogP contribution in [-0.4, -0.2) is 12.1 Å². The van der Waals surface area contributed by atoms with Crippen LogP contribution in [-0.2, 0) is 9.53 Å². The summed E-state index contributed by atoms with van der Waals surface area (Å²) in [5.74, 6) is -0.0264. The Morgan fingerprint density at radius 1 is 1.60 bits per heavy atom. The second-order valence-corrected chi connectivity index (χ2v) is 2.81. The average molecular weight is 142 g/mol. The van der Waals surface area contributed by atoms with Crippen LogP contribution in [0.4, 0.5) is 0 Å². The fourth-order valence-corrected chi connectivity index (χ4v) is 1.15. The molecule has 2 heteroatoms. The Morgan fingerprint density at radius 2 is 2.30 bits per heavy atom. The maximum absolute atomic E-state index is 10.3. The average Bonchev–Trinajstić information content (AvgIpc) is 1.85. The molecule has 0 aromatic carbocycles. The maximum Gasteiger partial charge on any atom is 0.309 e. The highest BCUT2D eigenvalue weighted by Crippen LogP contribution is 2.19. The van der Waals surface area contributed by atoms with Crippen molar-refractivity contribution in [2.24, 2.45) is 0 Å². The normalized spacial score (nSPS) is 23.7. The third-order valence-corrected chi connectivity index (χ3v) is 1.82. The molecule has 58 valence electrons. The van der Waals surface area contributed by atoms with Gasteiger partial charge in [-0.3, -0.25) is 4.79 Å². The lowest BCUT2D eigenvalue weighted by molar-refractivity contribution is -0.169. The number of cyclic esters (lactones) is 1. The molecule has 1 fully saturated rings. The van der Waals surface area contributed by atoms with Gasteiger partial charge in [-0.15, -0.1) is 0 Å². The molecule has 1 atom stereocenters. The van der Waals surface area contributed by atoms with Crippen molar-refractivity contribution in [1.82, 2.24) is 0 Å². The van der Waals surface area contributed by atoms with E-state index in [2.05, 4.69) is 6.92 Å². The van der Waals surface area contributed by atoms with Crippen LogP contribution in [0.15, 0.2) is 0 Å². The molecule has 0 amide bonds. The highest BCUT2D eigenvalue weighted by atomic mass is 16.6. The molecule has 10 heavy (non-hydrogen) atoms. The number of rotatable bonds is 4. The Morgan fingerprint density at radius 3 is 2.80 bits per heavy atom. The van der Waals surface area contributed by atoms with E-state index in [4.69, 9.17) is 4.74 Å². The van der Waals surface area contributed by atoms with Gasteiger partial charge in [0, 0.05) is 0 Å². The summed E-state index contributed by atoms with van der Waals surface area (Å²) in [4.78, 5) is 10.3. The zero-order valence-electron chi connectivity index (χ0n) is 6.43. The van der Waals surface area contributed by atoms with Gasteiger partial charge < -0.3 is 4.74 Å². The number of unbranched alkanes of at least 4 members (excludes halogenated alkanes) is 2. The Bertz CT molecular complexity index is 112. The summed E-state index contributed by atoms with van der Waals surface area (Å²) in [6.45, 7) is 2.17. The van der Waals surface area contributed by atoms with E-state index in [1.54, 1.807) is 0 Å². The lowest BCUT2D eigenvalue weighted by Crippen LogP contribution is -2.32. The van der Waals surface area contributed by atoms with Crippen molar-refractivity contribution in [3.8, 4) is 0 Å². The van der Waals surface area contributed by atoms with Gasteiger partial charge in [0.05, 0.1) is 6.42 Å². The minimum Gasteiger partial charge on any atom is -0.462 e. The third kappa shape index (κ3) is 2.01. The van der Waals surface area contributed by atoms with Crippen LogP contribution in [0.25, 0.3) is 0 Å². The maximum atomic E-state index is 10.3. The van der Waals surface area contributed by atoms with Crippen molar-refractivity contribution in [1.29, 1.82) is 0 Å². The summed E-state index contributed by atoms with van der Waals surface area (Å²) in [5.41, 5.74) is 0. The predicted molar refractivity (Wildman–Crippen MR) is 38.6 cm³/mol. The lowest BCUT2D eigenvalue weighted by atomic mass is 10.1. The molecule has 1 aliphatic rings. The van der Waals surface area contributed by atoms with Crippen molar-refractivity contribution in [2.75, 3.05) is 0 Å². The fraction of sp³-hybridized carbons (Fsp3) is 0.875. The summed E-state index contributed by atoms with van der Waals surface area (Å²) in [6.07, 6.45) is 5.69. The summed E-state index contributed by atoms with van der Waals surface area (Å²) >= 11 is 0. The number of esters is 1. The van der Waals surface area contributed by atoms with Gasteiger partial charge in [-0.25, -0.2) is 0 Å². The third-order valence-electron chi connectivity index (χ3n) is 1.82.